The fourth-order valence-electron chi connectivity index (χ4n) is 6.40. The number of rotatable bonds is 15. The Labute approximate surface area is 245 Å². The number of carbonyl (C=O) groups excluding carboxylic acids is 1. The smallest absolute Gasteiger partial charge is 0.308 e. The quantitative estimate of drug-likeness (QED) is 0.345. The average Bonchev–Trinajstić information content (AvgIpc) is 3.57. The van der Waals surface area contributed by atoms with E-state index in [0.717, 1.165) is 67.0 Å². The van der Waals surface area contributed by atoms with Crippen molar-refractivity contribution in [1.29, 1.82) is 0 Å². The maximum absolute atomic E-state index is 13.8. The number of carboxylic acids is 1. The van der Waals surface area contributed by atoms with Gasteiger partial charge in [-0.15, -0.1) is 0 Å². The van der Waals surface area contributed by atoms with E-state index in [1.54, 1.807) is 7.11 Å². The number of unbranched alkanes of at least 4 members (excludes halogenated alkanes) is 1. The van der Waals surface area contributed by atoms with Gasteiger partial charge in [-0.25, -0.2) is 0 Å². The highest BCUT2D eigenvalue weighted by Gasteiger charge is 2.47. The molecule has 2 aliphatic heterocycles. The summed E-state index contributed by atoms with van der Waals surface area (Å²) in [5.41, 5.74) is 3.21. The minimum absolute atomic E-state index is 0.0895. The number of benzene rings is 2. The number of aliphatic carboxylic acids is 1. The summed E-state index contributed by atoms with van der Waals surface area (Å²) in [7, 11) is 5.76. The summed E-state index contributed by atoms with van der Waals surface area (Å²) in [5, 5.41) is 10.6. The SMILES string of the molecule is CCCCN(CCCN(C)C)C(=O)CN1C[C@H](c2ccc3c(c2)CCO3)[C@@H](C(=O)O)[C@@H]1CCc1ccccc1OC. The molecular formula is C33H47N3O5. The molecule has 41 heavy (non-hydrogen) atoms. The molecule has 4 rings (SSSR count). The van der Waals surface area contributed by atoms with Crippen molar-refractivity contribution in [2.24, 2.45) is 5.92 Å². The number of carboxylic acid groups (broad SMARTS) is 1. The largest absolute Gasteiger partial charge is 0.496 e. The number of amides is 1. The maximum Gasteiger partial charge on any atom is 0.308 e. The third-order valence-electron chi connectivity index (χ3n) is 8.58. The molecule has 2 aromatic carbocycles. The first kappa shape index (κ1) is 30.8. The van der Waals surface area contributed by atoms with Crippen molar-refractivity contribution in [3.05, 3.63) is 59.2 Å². The van der Waals surface area contributed by atoms with E-state index in [0.29, 0.717) is 32.5 Å². The molecule has 0 radical (unpaired) electrons. The molecule has 1 N–H and O–H groups in total. The number of ether oxygens (including phenoxy) is 2. The lowest BCUT2D eigenvalue weighted by molar-refractivity contribution is -0.143. The number of methoxy groups -OCH3 is 1. The Balaban J connectivity index is 1.59. The van der Waals surface area contributed by atoms with Crippen molar-refractivity contribution >= 4 is 11.9 Å². The van der Waals surface area contributed by atoms with Gasteiger partial charge in [-0.3, -0.25) is 14.5 Å². The molecule has 0 bridgehead atoms. The molecule has 3 atom stereocenters. The van der Waals surface area contributed by atoms with Gasteiger partial charge in [-0.2, -0.15) is 0 Å². The number of nitrogens with zero attached hydrogens (tertiary/aromatic N) is 3. The normalized spacial score (nSPS) is 20.2. The van der Waals surface area contributed by atoms with E-state index < -0.39 is 11.9 Å². The van der Waals surface area contributed by atoms with Crippen LogP contribution in [0.2, 0.25) is 0 Å². The average molecular weight is 566 g/mol. The number of fused-ring (bicyclic) bond motifs is 1. The molecule has 1 fully saturated rings. The highest BCUT2D eigenvalue weighted by atomic mass is 16.5. The summed E-state index contributed by atoms with van der Waals surface area (Å²) in [6.45, 7) is 5.95. The molecular weight excluding hydrogens is 518 g/mol. The molecule has 0 aromatic heterocycles. The van der Waals surface area contributed by atoms with Gasteiger partial charge in [0.1, 0.15) is 11.5 Å². The highest BCUT2D eigenvalue weighted by Crippen LogP contribution is 2.41. The van der Waals surface area contributed by atoms with E-state index in [1.807, 2.05) is 55.4 Å². The van der Waals surface area contributed by atoms with Gasteiger partial charge < -0.3 is 24.4 Å². The molecule has 0 unspecified atom stereocenters. The van der Waals surface area contributed by atoms with Gasteiger partial charge in [0.2, 0.25) is 5.91 Å². The van der Waals surface area contributed by atoms with E-state index >= 15 is 0 Å². The van der Waals surface area contributed by atoms with E-state index in [-0.39, 0.29) is 24.4 Å². The van der Waals surface area contributed by atoms with Crippen molar-refractivity contribution in [1.82, 2.24) is 14.7 Å². The van der Waals surface area contributed by atoms with Gasteiger partial charge >= 0.3 is 5.97 Å². The van der Waals surface area contributed by atoms with Crippen molar-refractivity contribution < 1.29 is 24.2 Å². The molecule has 0 aliphatic carbocycles. The van der Waals surface area contributed by atoms with Crippen LogP contribution in [0.3, 0.4) is 0 Å². The second-order valence-electron chi connectivity index (χ2n) is 11.7. The van der Waals surface area contributed by atoms with Crippen LogP contribution in [0.15, 0.2) is 42.5 Å². The van der Waals surface area contributed by atoms with Crippen molar-refractivity contribution in [3.63, 3.8) is 0 Å². The van der Waals surface area contributed by atoms with Gasteiger partial charge in [0.25, 0.3) is 0 Å². The molecule has 0 saturated carbocycles. The third kappa shape index (κ3) is 7.80. The molecule has 1 amide bonds. The van der Waals surface area contributed by atoms with Crippen LogP contribution in [0.4, 0.5) is 0 Å². The fourth-order valence-corrected chi connectivity index (χ4v) is 6.40. The number of hydrogen-bond acceptors (Lipinski definition) is 6. The topological polar surface area (TPSA) is 82.5 Å². The first-order valence-corrected chi connectivity index (χ1v) is 15.1. The van der Waals surface area contributed by atoms with Crippen molar-refractivity contribution in [2.75, 3.05) is 60.5 Å². The lowest BCUT2D eigenvalue weighted by Gasteiger charge is -2.30. The predicted molar refractivity (Wildman–Crippen MR) is 161 cm³/mol. The van der Waals surface area contributed by atoms with Crippen molar-refractivity contribution in [2.45, 2.75) is 57.4 Å². The number of hydrogen-bond donors (Lipinski definition) is 1. The molecule has 2 aromatic rings. The van der Waals surface area contributed by atoms with Crippen LogP contribution in [-0.2, 0) is 22.4 Å². The Kier molecular flexibility index (Phi) is 11.1. The van der Waals surface area contributed by atoms with Crippen LogP contribution in [0.1, 0.15) is 55.2 Å². The monoisotopic (exact) mass is 565 g/mol. The first-order valence-electron chi connectivity index (χ1n) is 15.1. The predicted octanol–water partition coefficient (Wildman–Crippen LogP) is 4.31. The van der Waals surface area contributed by atoms with Crippen LogP contribution in [0.25, 0.3) is 0 Å². The number of aryl methyl sites for hydroxylation is 1. The minimum Gasteiger partial charge on any atom is -0.496 e. The van der Waals surface area contributed by atoms with Gasteiger partial charge in [-0.1, -0.05) is 43.7 Å². The zero-order valence-electron chi connectivity index (χ0n) is 25.2. The lowest BCUT2D eigenvalue weighted by Crippen LogP contribution is -2.45. The Hall–Kier alpha value is -3.10. The number of likely N-dealkylation sites (tertiary alicyclic amines) is 1. The first-order chi connectivity index (χ1) is 19.8. The van der Waals surface area contributed by atoms with Crippen molar-refractivity contribution in [3.8, 4) is 11.5 Å². The van der Waals surface area contributed by atoms with Crippen LogP contribution < -0.4 is 9.47 Å². The summed E-state index contributed by atoms with van der Waals surface area (Å²) < 4.78 is 11.3. The Bertz CT molecular complexity index is 1170. The molecule has 224 valence electrons. The standard InChI is InChI=1S/C33H47N3O5/c1-5-6-18-35(19-9-17-34(2)3)31(37)23-36-22-27(25-13-15-30-26(21-25)16-20-41-30)32(33(38)39)28(36)14-12-24-10-7-8-11-29(24)40-4/h7-8,10-11,13,15,21,27-28,32H,5-6,9,12,14,16-20,22-23H2,1-4H3,(H,38,39)/t27-,28+,32-/m1/s1. The van der Waals surface area contributed by atoms with Gasteiger partial charge in [-0.05, 0) is 75.1 Å². The van der Waals surface area contributed by atoms with Gasteiger partial charge in [0.05, 0.1) is 26.2 Å². The van der Waals surface area contributed by atoms with Gasteiger partial charge in [0, 0.05) is 38.0 Å². The third-order valence-corrected chi connectivity index (χ3v) is 8.58. The lowest BCUT2D eigenvalue weighted by atomic mass is 9.83. The van der Waals surface area contributed by atoms with E-state index in [2.05, 4.69) is 22.8 Å². The van der Waals surface area contributed by atoms with E-state index in [4.69, 9.17) is 9.47 Å². The summed E-state index contributed by atoms with van der Waals surface area (Å²) in [5.74, 6) is 0.166. The summed E-state index contributed by atoms with van der Waals surface area (Å²) >= 11 is 0. The van der Waals surface area contributed by atoms with Crippen LogP contribution >= 0.6 is 0 Å². The summed E-state index contributed by atoms with van der Waals surface area (Å²) in [6, 6.07) is 13.7. The van der Waals surface area contributed by atoms with E-state index in [1.165, 1.54) is 0 Å². The molecule has 0 spiro atoms. The Morgan fingerprint density at radius 3 is 2.61 bits per heavy atom. The summed E-state index contributed by atoms with van der Waals surface area (Å²) in [6.07, 6.45) is 5.04. The Morgan fingerprint density at radius 1 is 1.10 bits per heavy atom. The second-order valence-corrected chi connectivity index (χ2v) is 11.7. The van der Waals surface area contributed by atoms with Gasteiger partial charge in [0.15, 0.2) is 0 Å². The van der Waals surface area contributed by atoms with Crippen LogP contribution in [0.5, 0.6) is 11.5 Å². The Morgan fingerprint density at radius 2 is 1.88 bits per heavy atom. The summed E-state index contributed by atoms with van der Waals surface area (Å²) in [4.78, 5) is 32.9. The molecule has 1 saturated heterocycles. The van der Waals surface area contributed by atoms with Crippen LogP contribution in [-0.4, -0.2) is 98.3 Å². The second kappa shape index (κ2) is 14.7. The molecule has 8 heteroatoms. The minimum atomic E-state index is -0.805. The number of carbonyl (C=O) groups is 2. The number of para-hydroxylation sites is 1. The molecule has 8 nitrogen and oxygen atoms in total. The van der Waals surface area contributed by atoms with E-state index in [9.17, 15) is 14.7 Å². The highest BCUT2D eigenvalue weighted by molar-refractivity contribution is 5.79. The molecule has 2 heterocycles. The maximum atomic E-state index is 13.8. The fraction of sp³-hybridized carbons (Fsp3) is 0.576. The zero-order valence-corrected chi connectivity index (χ0v) is 25.2. The molecule has 2 aliphatic rings. The van der Waals surface area contributed by atoms with Crippen LogP contribution in [0, 0.1) is 5.92 Å². The zero-order chi connectivity index (χ0) is 29.4.